The molecule has 1 aromatic carbocycles. The largest absolute Gasteiger partial charge is 0.343 e. The Bertz CT molecular complexity index is 789. The second kappa shape index (κ2) is 9.83. The summed E-state index contributed by atoms with van der Waals surface area (Å²) in [6.07, 6.45) is 12.0. The highest BCUT2D eigenvalue weighted by molar-refractivity contribution is 5.81. The van der Waals surface area contributed by atoms with E-state index in [1.165, 1.54) is 19.3 Å². The Morgan fingerprint density at radius 3 is 2.33 bits per heavy atom. The molecule has 1 saturated carbocycles. The Morgan fingerprint density at radius 2 is 1.67 bits per heavy atom. The van der Waals surface area contributed by atoms with Crippen molar-refractivity contribution in [2.75, 3.05) is 13.1 Å². The van der Waals surface area contributed by atoms with Crippen molar-refractivity contribution in [1.82, 2.24) is 20.2 Å². The summed E-state index contributed by atoms with van der Waals surface area (Å²) in [5.41, 5.74) is 1.71. The molecule has 2 aliphatic rings. The molecule has 2 aromatic rings. The van der Waals surface area contributed by atoms with E-state index in [2.05, 4.69) is 15.3 Å². The number of aromatic nitrogens is 2. The molecule has 158 valence electrons. The first-order valence-corrected chi connectivity index (χ1v) is 11.1. The number of likely N-dealkylation sites (tertiary alicyclic amines) is 1. The smallest absolute Gasteiger partial charge is 0.225 e. The lowest BCUT2D eigenvalue weighted by Crippen LogP contribution is -2.46. The molecule has 0 spiro atoms. The number of carbonyl (C=O) groups excluding carboxylic acids is 2. The van der Waals surface area contributed by atoms with E-state index in [1.54, 1.807) is 18.6 Å². The van der Waals surface area contributed by atoms with E-state index in [9.17, 15) is 9.59 Å². The van der Waals surface area contributed by atoms with Crippen LogP contribution in [0.15, 0.2) is 48.9 Å². The Hall–Kier alpha value is -2.76. The molecule has 0 bridgehead atoms. The number of hydrogen-bond acceptors (Lipinski definition) is 4. The van der Waals surface area contributed by atoms with Crippen LogP contribution in [0.25, 0.3) is 0 Å². The van der Waals surface area contributed by atoms with Crippen LogP contribution < -0.4 is 5.32 Å². The van der Waals surface area contributed by atoms with E-state index >= 15 is 0 Å². The Morgan fingerprint density at radius 1 is 0.933 bits per heavy atom. The third-order valence-electron chi connectivity index (χ3n) is 6.43. The molecule has 1 atom stereocenters. The zero-order valence-electron chi connectivity index (χ0n) is 17.4. The molecular formula is C24H30N4O2. The van der Waals surface area contributed by atoms with Crippen molar-refractivity contribution in [3.63, 3.8) is 0 Å². The van der Waals surface area contributed by atoms with E-state index < -0.39 is 0 Å². The zero-order valence-corrected chi connectivity index (χ0v) is 17.4. The minimum atomic E-state index is -0.325. The van der Waals surface area contributed by atoms with Crippen molar-refractivity contribution in [3.05, 3.63) is 60.2 Å². The lowest BCUT2D eigenvalue weighted by Gasteiger charge is -2.35. The van der Waals surface area contributed by atoms with Crippen LogP contribution in [0.2, 0.25) is 0 Å². The molecule has 0 radical (unpaired) electrons. The molecule has 1 aromatic heterocycles. The van der Waals surface area contributed by atoms with Crippen molar-refractivity contribution in [3.8, 4) is 0 Å². The number of rotatable bonds is 5. The molecule has 6 heteroatoms. The van der Waals surface area contributed by atoms with Gasteiger partial charge in [-0.1, -0.05) is 49.6 Å². The van der Waals surface area contributed by atoms with Crippen LogP contribution in [0.3, 0.4) is 0 Å². The summed E-state index contributed by atoms with van der Waals surface area (Å²) in [4.78, 5) is 36.4. The molecule has 1 aliphatic carbocycles. The molecule has 1 N–H and O–H groups in total. The maximum absolute atomic E-state index is 13.1. The van der Waals surface area contributed by atoms with E-state index in [4.69, 9.17) is 0 Å². The molecule has 1 aliphatic heterocycles. The Balaban J connectivity index is 1.37. The van der Waals surface area contributed by atoms with Gasteiger partial charge in [0, 0.05) is 37.3 Å². The number of benzene rings is 1. The van der Waals surface area contributed by atoms with Crippen LogP contribution in [0.5, 0.6) is 0 Å². The van der Waals surface area contributed by atoms with Crippen molar-refractivity contribution in [2.45, 2.75) is 51.0 Å². The van der Waals surface area contributed by atoms with Gasteiger partial charge in [-0.15, -0.1) is 0 Å². The number of piperidine rings is 1. The van der Waals surface area contributed by atoms with Crippen molar-refractivity contribution in [1.29, 1.82) is 0 Å². The number of hydrogen-bond donors (Lipinski definition) is 1. The number of amides is 2. The quantitative estimate of drug-likeness (QED) is 0.825. The highest BCUT2D eigenvalue weighted by atomic mass is 16.2. The molecule has 30 heavy (non-hydrogen) atoms. The topological polar surface area (TPSA) is 75.2 Å². The lowest BCUT2D eigenvalue weighted by atomic mass is 9.87. The lowest BCUT2D eigenvalue weighted by molar-refractivity contribution is -0.140. The van der Waals surface area contributed by atoms with Gasteiger partial charge < -0.3 is 10.2 Å². The fourth-order valence-corrected chi connectivity index (χ4v) is 4.66. The predicted molar refractivity (Wildman–Crippen MR) is 114 cm³/mol. The summed E-state index contributed by atoms with van der Waals surface area (Å²) in [5.74, 6) is 0.445. The number of carbonyl (C=O) groups is 2. The fourth-order valence-electron chi connectivity index (χ4n) is 4.66. The van der Waals surface area contributed by atoms with Crippen molar-refractivity contribution >= 4 is 11.8 Å². The summed E-state index contributed by atoms with van der Waals surface area (Å²) in [7, 11) is 0. The normalized spacial score (nSPS) is 19.3. The molecule has 2 amide bonds. The number of nitrogens with zero attached hydrogens (tertiary/aromatic N) is 3. The van der Waals surface area contributed by atoms with Gasteiger partial charge in [0.2, 0.25) is 11.8 Å². The second-order valence-electron chi connectivity index (χ2n) is 8.42. The predicted octanol–water partition coefficient (Wildman–Crippen LogP) is 3.50. The van der Waals surface area contributed by atoms with Gasteiger partial charge in [-0.2, -0.15) is 0 Å². The average Bonchev–Trinajstić information content (AvgIpc) is 2.83. The van der Waals surface area contributed by atoms with Crippen molar-refractivity contribution in [2.24, 2.45) is 11.8 Å². The first kappa shape index (κ1) is 20.5. The molecule has 4 rings (SSSR count). The summed E-state index contributed by atoms with van der Waals surface area (Å²) in [6.45, 7) is 1.35. The maximum atomic E-state index is 13.1. The molecular weight excluding hydrogens is 376 g/mol. The maximum Gasteiger partial charge on any atom is 0.225 e. The molecule has 2 heterocycles. The van der Waals surface area contributed by atoms with Crippen LogP contribution in [0.4, 0.5) is 0 Å². The van der Waals surface area contributed by atoms with Crippen LogP contribution in [0.1, 0.15) is 62.2 Å². The fraction of sp³-hybridized carbons (Fsp3) is 0.500. The van der Waals surface area contributed by atoms with Gasteiger partial charge >= 0.3 is 0 Å². The van der Waals surface area contributed by atoms with Gasteiger partial charge in [-0.25, -0.2) is 0 Å². The highest BCUT2D eigenvalue weighted by Crippen LogP contribution is 2.28. The Kier molecular flexibility index (Phi) is 6.72. The molecule has 6 nitrogen and oxygen atoms in total. The van der Waals surface area contributed by atoms with Crippen LogP contribution in [0, 0.1) is 11.8 Å². The SMILES string of the molecule is O=C(NC(c1ccccc1)c1cnccn1)C1CCN(C(=O)C2CCCCC2)CC1. The van der Waals surface area contributed by atoms with E-state index in [0.717, 1.165) is 24.1 Å². The molecule has 1 saturated heterocycles. The summed E-state index contributed by atoms with van der Waals surface area (Å²) in [6, 6.07) is 9.53. The van der Waals surface area contributed by atoms with Crippen LogP contribution in [-0.2, 0) is 9.59 Å². The van der Waals surface area contributed by atoms with E-state index in [-0.39, 0.29) is 23.8 Å². The summed E-state index contributed by atoms with van der Waals surface area (Å²) < 4.78 is 0. The van der Waals surface area contributed by atoms with Gasteiger partial charge in [-0.05, 0) is 31.2 Å². The van der Waals surface area contributed by atoms with E-state index in [0.29, 0.717) is 31.8 Å². The molecule has 2 fully saturated rings. The zero-order chi connectivity index (χ0) is 20.8. The monoisotopic (exact) mass is 406 g/mol. The summed E-state index contributed by atoms with van der Waals surface area (Å²) >= 11 is 0. The van der Waals surface area contributed by atoms with Crippen LogP contribution >= 0.6 is 0 Å². The average molecular weight is 407 g/mol. The first-order chi connectivity index (χ1) is 14.7. The van der Waals surface area contributed by atoms with Gasteiger partial charge in [0.1, 0.15) is 0 Å². The second-order valence-corrected chi connectivity index (χ2v) is 8.42. The van der Waals surface area contributed by atoms with Crippen molar-refractivity contribution < 1.29 is 9.59 Å². The van der Waals surface area contributed by atoms with Crippen LogP contribution in [-0.4, -0.2) is 39.8 Å². The minimum Gasteiger partial charge on any atom is -0.343 e. The van der Waals surface area contributed by atoms with Gasteiger partial charge in [-0.3, -0.25) is 19.6 Å². The van der Waals surface area contributed by atoms with Gasteiger partial charge in [0.25, 0.3) is 0 Å². The third-order valence-corrected chi connectivity index (χ3v) is 6.43. The Labute approximate surface area is 178 Å². The van der Waals surface area contributed by atoms with E-state index in [1.807, 2.05) is 35.2 Å². The molecule has 1 unspecified atom stereocenters. The minimum absolute atomic E-state index is 0.0271. The number of nitrogens with one attached hydrogen (secondary N) is 1. The standard InChI is InChI=1S/C24H30N4O2/c29-23(19-11-15-28(16-12-19)24(30)20-9-5-2-6-10-20)27-22(18-7-3-1-4-8-18)21-17-25-13-14-26-21/h1,3-4,7-8,13-14,17,19-20,22H,2,5-6,9-12,15-16H2,(H,27,29). The van der Waals surface area contributed by atoms with Gasteiger partial charge in [0.15, 0.2) is 0 Å². The van der Waals surface area contributed by atoms with Gasteiger partial charge in [0.05, 0.1) is 17.9 Å². The third kappa shape index (κ3) is 4.86. The highest BCUT2D eigenvalue weighted by Gasteiger charge is 2.32. The first-order valence-electron chi connectivity index (χ1n) is 11.1. The summed E-state index contributed by atoms with van der Waals surface area (Å²) in [5, 5.41) is 3.18.